The Bertz CT molecular complexity index is 540. The minimum Gasteiger partial charge on any atom is -0.494 e. The van der Waals surface area contributed by atoms with Crippen LogP contribution in [0.15, 0.2) is 48.5 Å². The van der Waals surface area contributed by atoms with Gasteiger partial charge in [0.15, 0.2) is 0 Å². The van der Waals surface area contributed by atoms with Gasteiger partial charge in [-0.25, -0.2) is 0 Å². The van der Waals surface area contributed by atoms with Gasteiger partial charge >= 0.3 is 0 Å². The van der Waals surface area contributed by atoms with Gasteiger partial charge in [0.1, 0.15) is 30.5 Å². The van der Waals surface area contributed by atoms with Gasteiger partial charge < -0.3 is 19.9 Å². The molecule has 0 radical (unpaired) electrons. The molecule has 0 aromatic heterocycles. The van der Waals surface area contributed by atoms with E-state index in [4.69, 9.17) is 19.9 Å². The lowest BCUT2D eigenvalue weighted by Gasteiger charge is -2.09. The molecular formula is C17H21NO3. The summed E-state index contributed by atoms with van der Waals surface area (Å²) in [6.07, 6.45) is 1.000. The first kappa shape index (κ1) is 15.0. The fraction of sp³-hybridized carbons (Fsp3) is 0.294. The summed E-state index contributed by atoms with van der Waals surface area (Å²) in [6.45, 7) is 3.76. The van der Waals surface area contributed by atoms with E-state index in [1.807, 2.05) is 42.5 Å². The Morgan fingerprint density at radius 2 is 1.33 bits per heavy atom. The molecule has 0 amide bonds. The number of ether oxygens (including phenoxy) is 3. The van der Waals surface area contributed by atoms with Gasteiger partial charge in [0.25, 0.3) is 0 Å². The van der Waals surface area contributed by atoms with E-state index in [1.165, 1.54) is 0 Å². The minimum atomic E-state index is 0.470. The number of anilines is 1. The topological polar surface area (TPSA) is 53.7 Å². The first-order valence-corrected chi connectivity index (χ1v) is 7.12. The predicted molar refractivity (Wildman–Crippen MR) is 84.1 cm³/mol. The lowest BCUT2D eigenvalue weighted by Crippen LogP contribution is -2.09. The van der Waals surface area contributed by atoms with Crippen LogP contribution < -0.4 is 19.9 Å². The highest BCUT2D eigenvalue weighted by molar-refractivity contribution is 5.43. The molecule has 4 nitrogen and oxygen atoms in total. The van der Waals surface area contributed by atoms with E-state index in [0.717, 1.165) is 30.3 Å². The lowest BCUT2D eigenvalue weighted by molar-refractivity contribution is 0.217. The van der Waals surface area contributed by atoms with Gasteiger partial charge in [-0.05, 0) is 42.8 Å². The summed E-state index contributed by atoms with van der Waals surface area (Å²) < 4.78 is 16.7. The summed E-state index contributed by atoms with van der Waals surface area (Å²) in [4.78, 5) is 0. The van der Waals surface area contributed by atoms with Gasteiger partial charge in [-0.15, -0.1) is 0 Å². The lowest BCUT2D eigenvalue weighted by atomic mass is 10.3. The van der Waals surface area contributed by atoms with Crippen molar-refractivity contribution in [3.8, 4) is 17.2 Å². The maximum absolute atomic E-state index is 5.68. The SMILES string of the molecule is CCCOc1ccc(OCCOc2cccc(N)c2)cc1. The Kier molecular flexibility index (Phi) is 5.76. The van der Waals surface area contributed by atoms with E-state index in [1.54, 1.807) is 6.07 Å². The van der Waals surface area contributed by atoms with E-state index in [0.29, 0.717) is 18.9 Å². The van der Waals surface area contributed by atoms with Gasteiger partial charge in [-0.2, -0.15) is 0 Å². The molecule has 0 saturated heterocycles. The summed E-state index contributed by atoms with van der Waals surface area (Å²) in [5.74, 6) is 2.41. The standard InChI is InChI=1S/C17H21NO3/c1-2-10-19-15-6-8-16(9-7-15)20-11-12-21-17-5-3-4-14(18)13-17/h3-9,13H,2,10-12,18H2,1H3. The third-order valence-electron chi connectivity index (χ3n) is 2.78. The second-order valence-electron chi connectivity index (χ2n) is 4.59. The average molecular weight is 287 g/mol. The Morgan fingerprint density at radius 3 is 1.90 bits per heavy atom. The van der Waals surface area contributed by atoms with Crippen LogP contribution in [0, 0.1) is 0 Å². The van der Waals surface area contributed by atoms with Gasteiger partial charge in [0, 0.05) is 11.8 Å². The second kappa shape index (κ2) is 8.04. The Balaban J connectivity index is 1.71. The predicted octanol–water partition coefficient (Wildman–Crippen LogP) is 3.52. The monoisotopic (exact) mass is 287 g/mol. The van der Waals surface area contributed by atoms with E-state index < -0.39 is 0 Å². The molecule has 2 aromatic carbocycles. The molecule has 2 N–H and O–H groups in total. The van der Waals surface area contributed by atoms with Crippen LogP contribution in [-0.4, -0.2) is 19.8 Å². The maximum atomic E-state index is 5.68. The molecule has 0 atom stereocenters. The van der Waals surface area contributed by atoms with Crippen molar-refractivity contribution in [2.24, 2.45) is 0 Å². The highest BCUT2D eigenvalue weighted by Crippen LogP contribution is 2.18. The highest BCUT2D eigenvalue weighted by Gasteiger charge is 1.98. The molecule has 0 unspecified atom stereocenters. The average Bonchev–Trinajstić information content (AvgIpc) is 2.51. The molecule has 0 heterocycles. The molecule has 112 valence electrons. The van der Waals surface area contributed by atoms with E-state index in [-0.39, 0.29) is 0 Å². The van der Waals surface area contributed by atoms with Gasteiger partial charge in [0.05, 0.1) is 6.61 Å². The van der Waals surface area contributed by atoms with Gasteiger partial charge in [-0.3, -0.25) is 0 Å². The van der Waals surface area contributed by atoms with Crippen molar-refractivity contribution in [2.45, 2.75) is 13.3 Å². The van der Waals surface area contributed by atoms with Crippen LogP contribution in [0.2, 0.25) is 0 Å². The van der Waals surface area contributed by atoms with Gasteiger partial charge in [-0.1, -0.05) is 13.0 Å². The van der Waals surface area contributed by atoms with Crippen molar-refractivity contribution in [1.29, 1.82) is 0 Å². The van der Waals surface area contributed by atoms with E-state index >= 15 is 0 Å². The van der Waals surface area contributed by atoms with Crippen LogP contribution in [0.5, 0.6) is 17.2 Å². The largest absolute Gasteiger partial charge is 0.494 e. The first-order valence-electron chi connectivity index (χ1n) is 7.12. The fourth-order valence-corrected chi connectivity index (χ4v) is 1.78. The zero-order valence-electron chi connectivity index (χ0n) is 12.2. The Morgan fingerprint density at radius 1 is 0.762 bits per heavy atom. The van der Waals surface area contributed by atoms with Crippen LogP contribution in [0.3, 0.4) is 0 Å². The van der Waals surface area contributed by atoms with Crippen LogP contribution in [0.25, 0.3) is 0 Å². The molecule has 0 aliphatic rings. The third kappa shape index (κ3) is 5.26. The van der Waals surface area contributed by atoms with Crippen LogP contribution in [-0.2, 0) is 0 Å². The van der Waals surface area contributed by atoms with Crippen LogP contribution >= 0.6 is 0 Å². The molecule has 4 heteroatoms. The number of rotatable bonds is 8. The summed E-state index contributed by atoms with van der Waals surface area (Å²) >= 11 is 0. The van der Waals surface area contributed by atoms with E-state index in [9.17, 15) is 0 Å². The number of hydrogen-bond donors (Lipinski definition) is 1. The molecule has 2 rings (SSSR count). The zero-order valence-corrected chi connectivity index (χ0v) is 12.2. The number of nitrogens with two attached hydrogens (primary N) is 1. The molecule has 0 aliphatic heterocycles. The third-order valence-corrected chi connectivity index (χ3v) is 2.78. The summed E-state index contributed by atoms with van der Waals surface area (Å²) in [5.41, 5.74) is 6.37. The summed E-state index contributed by atoms with van der Waals surface area (Å²) in [6, 6.07) is 15.0. The van der Waals surface area contributed by atoms with E-state index in [2.05, 4.69) is 6.92 Å². The molecule has 0 aliphatic carbocycles. The first-order chi connectivity index (χ1) is 10.3. The van der Waals surface area contributed by atoms with Crippen LogP contribution in [0.1, 0.15) is 13.3 Å². The molecular weight excluding hydrogens is 266 g/mol. The molecule has 0 spiro atoms. The normalized spacial score (nSPS) is 10.1. The van der Waals surface area contributed by atoms with Crippen molar-refractivity contribution in [1.82, 2.24) is 0 Å². The smallest absolute Gasteiger partial charge is 0.122 e. The van der Waals surface area contributed by atoms with Crippen molar-refractivity contribution in [3.05, 3.63) is 48.5 Å². The molecule has 0 bridgehead atoms. The fourth-order valence-electron chi connectivity index (χ4n) is 1.78. The van der Waals surface area contributed by atoms with Crippen LogP contribution in [0.4, 0.5) is 5.69 Å². The number of hydrogen-bond acceptors (Lipinski definition) is 4. The maximum Gasteiger partial charge on any atom is 0.122 e. The molecule has 0 fully saturated rings. The highest BCUT2D eigenvalue weighted by atomic mass is 16.5. The number of nitrogen functional groups attached to an aromatic ring is 1. The second-order valence-corrected chi connectivity index (χ2v) is 4.59. The summed E-state index contributed by atoms with van der Waals surface area (Å²) in [5, 5.41) is 0. The summed E-state index contributed by atoms with van der Waals surface area (Å²) in [7, 11) is 0. The number of benzene rings is 2. The Hall–Kier alpha value is -2.36. The minimum absolute atomic E-state index is 0.470. The van der Waals surface area contributed by atoms with Crippen molar-refractivity contribution < 1.29 is 14.2 Å². The molecule has 0 saturated carbocycles. The quantitative estimate of drug-likeness (QED) is 0.596. The van der Waals surface area contributed by atoms with Gasteiger partial charge in [0.2, 0.25) is 0 Å². The molecule has 2 aromatic rings. The zero-order chi connectivity index (χ0) is 14.9. The van der Waals surface area contributed by atoms with Crippen molar-refractivity contribution >= 4 is 5.69 Å². The van der Waals surface area contributed by atoms with Crippen molar-refractivity contribution in [3.63, 3.8) is 0 Å². The molecule has 21 heavy (non-hydrogen) atoms. The van der Waals surface area contributed by atoms with Crippen molar-refractivity contribution in [2.75, 3.05) is 25.6 Å². The Labute approximate surface area is 125 Å².